The second-order valence-electron chi connectivity index (χ2n) is 7.48. The standard InChI is InChI=1S/C21H16F4N5O/c22-14-7-8-30-17(9-14)19(20(28-30)12-1-2-12)16-10-29(31)11-18(27-16)26-15-5-3-13(4-6-15)21(23,24)25/h3-12H,1-2H2,(H2,26,27,31)/q+1. The van der Waals surface area contributed by atoms with Crippen LogP contribution >= 0.6 is 0 Å². The van der Waals surface area contributed by atoms with Gasteiger partial charge in [-0.2, -0.15) is 18.3 Å². The summed E-state index contributed by atoms with van der Waals surface area (Å²) in [4.78, 5) is 15.4. The molecule has 0 radical (unpaired) electrons. The summed E-state index contributed by atoms with van der Waals surface area (Å²) in [6.45, 7) is 0. The number of nitrogens with zero attached hydrogens (tertiary/aromatic N) is 3. The number of alkyl halides is 3. The van der Waals surface area contributed by atoms with Gasteiger partial charge in [0.25, 0.3) is 12.4 Å². The van der Waals surface area contributed by atoms with Crippen molar-refractivity contribution in [2.45, 2.75) is 24.9 Å². The van der Waals surface area contributed by atoms with Gasteiger partial charge in [0.05, 0.1) is 26.8 Å². The van der Waals surface area contributed by atoms with Gasteiger partial charge in [0.2, 0.25) is 0 Å². The molecule has 4 aromatic rings. The minimum absolute atomic E-state index is 0.234. The zero-order chi connectivity index (χ0) is 21.8. The number of pyridine rings is 1. The molecule has 31 heavy (non-hydrogen) atoms. The second kappa shape index (κ2) is 6.93. The summed E-state index contributed by atoms with van der Waals surface area (Å²) in [6, 6.07) is 7.12. The van der Waals surface area contributed by atoms with Gasteiger partial charge >= 0.3 is 6.18 Å². The molecule has 3 aromatic heterocycles. The maximum Gasteiger partial charge on any atom is 0.416 e. The number of hydrogen-bond donors (Lipinski definition) is 2. The lowest BCUT2D eigenvalue weighted by Gasteiger charge is -2.09. The molecule has 0 bridgehead atoms. The van der Waals surface area contributed by atoms with Crippen molar-refractivity contribution < 1.29 is 22.0 Å². The van der Waals surface area contributed by atoms with E-state index < -0.39 is 17.6 Å². The number of fused-ring (bicyclic) bond motifs is 1. The van der Waals surface area contributed by atoms with Gasteiger partial charge in [0.1, 0.15) is 11.5 Å². The van der Waals surface area contributed by atoms with E-state index in [1.807, 2.05) is 0 Å². The number of halogens is 4. The van der Waals surface area contributed by atoms with Gasteiger partial charge in [-0.1, -0.05) is 0 Å². The Bertz CT molecular complexity index is 1340. The van der Waals surface area contributed by atoms with Crippen molar-refractivity contribution >= 4 is 17.0 Å². The van der Waals surface area contributed by atoms with Crippen molar-refractivity contribution in [1.82, 2.24) is 14.6 Å². The van der Waals surface area contributed by atoms with Gasteiger partial charge in [-0.05, 0) is 43.2 Å². The Hall–Kier alpha value is -3.69. The molecule has 0 amide bonds. The summed E-state index contributed by atoms with van der Waals surface area (Å²) in [6.07, 6.45) is 1.56. The number of aromatic nitrogens is 4. The van der Waals surface area contributed by atoms with Gasteiger partial charge in [0.15, 0.2) is 5.82 Å². The molecule has 1 aliphatic carbocycles. The first-order valence-corrected chi connectivity index (χ1v) is 9.56. The average Bonchev–Trinajstić information content (AvgIpc) is 3.48. The van der Waals surface area contributed by atoms with E-state index in [1.54, 1.807) is 4.52 Å². The first-order valence-electron chi connectivity index (χ1n) is 9.56. The van der Waals surface area contributed by atoms with Crippen molar-refractivity contribution in [2.24, 2.45) is 0 Å². The fourth-order valence-corrected chi connectivity index (χ4v) is 3.55. The highest BCUT2D eigenvalue weighted by molar-refractivity contribution is 5.81. The maximum absolute atomic E-state index is 13.9. The van der Waals surface area contributed by atoms with Crippen LogP contribution in [0, 0.1) is 10.7 Å². The van der Waals surface area contributed by atoms with Crippen LogP contribution in [0.3, 0.4) is 0 Å². The molecule has 0 spiro atoms. The van der Waals surface area contributed by atoms with Crippen LogP contribution in [0.25, 0.3) is 16.8 Å². The molecule has 1 aromatic carbocycles. The summed E-state index contributed by atoms with van der Waals surface area (Å²) in [7, 11) is 0. The number of H-pyrrole nitrogens is 1. The van der Waals surface area contributed by atoms with Crippen molar-refractivity contribution in [3.8, 4) is 11.3 Å². The Morgan fingerprint density at radius 2 is 1.87 bits per heavy atom. The highest BCUT2D eigenvalue weighted by Gasteiger charge is 2.32. The Morgan fingerprint density at radius 3 is 2.55 bits per heavy atom. The van der Waals surface area contributed by atoms with Crippen LogP contribution in [0.1, 0.15) is 30.0 Å². The molecule has 158 valence electrons. The summed E-state index contributed by atoms with van der Waals surface area (Å²) >= 11 is 0. The zero-order valence-electron chi connectivity index (χ0n) is 15.9. The molecule has 2 N–H and O–H groups in total. The SMILES string of the molecule is O=[n+]1cc(Nc2ccc(C(F)(F)F)cc2)[nH]c(-c2c(C3CC3)nn3ccc(F)cc23)c1. The summed E-state index contributed by atoms with van der Waals surface area (Å²) in [5.41, 5.74) is 1.95. The van der Waals surface area contributed by atoms with Gasteiger partial charge in [-0.25, -0.2) is 8.91 Å². The Labute approximate surface area is 172 Å². The number of rotatable bonds is 4. The predicted octanol–water partition coefficient (Wildman–Crippen LogP) is 5.02. The lowest BCUT2D eigenvalue weighted by Crippen LogP contribution is -2.15. The van der Waals surface area contributed by atoms with E-state index in [0.29, 0.717) is 26.9 Å². The van der Waals surface area contributed by atoms with E-state index >= 15 is 0 Å². The number of hydrogen-bond acceptors (Lipinski definition) is 3. The summed E-state index contributed by atoms with van der Waals surface area (Å²) in [5.74, 6) is 0.0766. The maximum atomic E-state index is 13.9. The van der Waals surface area contributed by atoms with Gasteiger partial charge in [-0.3, -0.25) is 0 Å². The molecule has 5 rings (SSSR count). The number of nitrogens with one attached hydrogen (secondary N) is 2. The molecular weight excluding hydrogens is 414 g/mol. The molecule has 0 saturated heterocycles. The molecule has 0 unspecified atom stereocenters. The Kier molecular flexibility index (Phi) is 4.31. The molecule has 3 heterocycles. The highest BCUT2D eigenvalue weighted by Crippen LogP contribution is 2.44. The first kappa shape index (κ1) is 19.3. The molecule has 6 nitrogen and oxygen atoms in total. The van der Waals surface area contributed by atoms with Crippen LogP contribution in [0.5, 0.6) is 0 Å². The normalized spacial score (nSPS) is 14.2. The van der Waals surface area contributed by atoms with Crippen LogP contribution in [0.15, 0.2) is 55.0 Å². The van der Waals surface area contributed by atoms with Gasteiger partial charge in [-0.15, -0.1) is 0 Å². The van der Waals surface area contributed by atoms with E-state index in [4.69, 9.17) is 0 Å². The Balaban J connectivity index is 1.56. The summed E-state index contributed by atoms with van der Waals surface area (Å²) < 4.78 is 54.4. The van der Waals surface area contributed by atoms with Gasteiger partial charge < -0.3 is 10.3 Å². The molecule has 10 heteroatoms. The zero-order valence-corrected chi connectivity index (χ0v) is 15.9. The van der Waals surface area contributed by atoms with Crippen molar-refractivity contribution in [3.05, 3.63) is 77.0 Å². The second-order valence-corrected chi connectivity index (χ2v) is 7.48. The third kappa shape index (κ3) is 3.76. The molecule has 1 saturated carbocycles. The highest BCUT2D eigenvalue weighted by atomic mass is 19.4. The van der Waals surface area contributed by atoms with E-state index in [9.17, 15) is 22.5 Å². The lowest BCUT2D eigenvalue weighted by atomic mass is 10.1. The average molecular weight is 430 g/mol. The van der Waals surface area contributed by atoms with Crippen LogP contribution in [0.4, 0.5) is 29.1 Å². The third-order valence-electron chi connectivity index (χ3n) is 5.13. The van der Waals surface area contributed by atoms with Crippen molar-refractivity contribution in [2.75, 3.05) is 5.32 Å². The molecule has 1 aliphatic rings. The molecule has 1 fully saturated rings. The number of aromatic amines is 1. The van der Waals surface area contributed by atoms with Crippen molar-refractivity contribution in [1.29, 1.82) is 0 Å². The van der Waals surface area contributed by atoms with E-state index in [0.717, 1.165) is 30.7 Å². The minimum Gasteiger partial charge on any atom is -0.337 e. The lowest BCUT2D eigenvalue weighted by molar-refractivity contribution is -0.493. The molecular formula is C21H16F4N5O+. The monoisotopic (exact) mass is 430 g/mol. The first-order chi connectivity index (χ1) is 14.8. The predicted molar refractivity (Wildman–Crippen MR) is 105 cm³/mol. The van der Waals surface area contributed by atoms with Crippen LogP contribution in [-0.2, 0) is 6.18 Å². The van der Waals surface area contributed by atoms with Crippen LogP contribution in [0.2, 0.25) is 0 Å². The minimum atomic E-state index is -4.43. The number of anilines is 2. The van der Waals surface area contributed by atoms with E-state index in [-0.39, 0.29) is 11.7 Å². The van der Waals surface area contributed by atoms with Gasteiger partial charge in [0, 0.05) is 28.8 Å². The molecule has 0 aliphatic heterocycles. The fraction of sp³-hybridized carbons (Fsp3) is 0.190. The smallest absolute Gasteiger partial charge is 0.337 e. The fourth-order valence-electron chi connectivity index (χ4n) is 3.55. The van der Waals surface area contributed by atoms with E-state index in [2.05, 4.69) is 15.4 Å². The van der Waals surface area contributed by atoms with Crippen LogP contribution < -0.4 is 9.74 Å². The quantitative estimate of drug-likeness (QED) is 0.353. The third-order valence-corrected chi connectivity index (χ3v) is 5.13. The van der Waals surface area contributed by atoms with Crippen molar-refractivity contribution in [3.63, 3.8) is 0 Å². The largest absolute Gasteiger partial charge is 0.416 e. The molecule has 0 atom stereocenters. The number of benzene rings is 1. The van der Waals surface area contributed by atoms with Crippen LogP contribution in [-0.4, -0.2) is 14.6 Å². The summed E-state index contributed by atoms with van der Waals surface area (Å²) in [5, 5.41) is 7.46. The van der Waals surface area contributed by atoms with E-state index in [1.165, 1.54) is 42.9 Å². The Morgan fingerprint density at radius 1 is 1.13 bits per heavy atom. The topological polar surface area (TPSA) is 68.1 Å².